The van der Waals surface area contributed by atoms with E-state index in [1.54, 1.807) is 5.56 Å². The van der Waals surface area contributed by atoms with E-state index in [1.165, 1.54) is 42.3 Å². The van der Waals surface area contributed by atoms with E-state index in [0.29, 0.717) is 6.04 Å². The van der Waals surface area contributed by atoms with Crippen LogP contribution >= 0.6 is 0 Å². The molecule has 2 nitrogen and oxygen atoms in total. The molecular weight excluding hydrogens is 220 g/mol. The van der Waals surface area contributed by atoms with Crippen LogP contribution in [0.1, 0.15) is 43.5 Å². The van der Waals surface area contributed by atoms with Crippen LogP contribution < -0.4 is 5.32 Å². The van der Waals surface area contributed by atoms with E-state index in [9.17, 15) is 0 Å². The van der Waals surface area contributed by atoms with Crippen LogP contribution in [0.4, 0.5) is 0 Å². The molecule has 2 heterocycles. The van der Waals surface area contributed by atoms with Crippen molar-refractivity contribution in [1.82, 2.24) is 9.88 Å². The largest absolute Gasteiger partial charge is 0.346 e. The molecule has 1 aliphatic heterocycles. The number of benzene rings is 1. The summed E-state index contributed by atoms with van der Waals surface area (Å²) in [5, 5.41) is 5.15. The van der Waals surface area contributed by atoms with Gasteiger partial charge < -0.3 is 9.88 Å². The van der Waals surface area contributed by atoms with E-state index in [4.69, 9.17) is 0 Å². The highest BCUT2D eigenvalue weighted by atomic mass is 15.0. The van der Waals surface area contributed by atoms with E-state index in [-0.39, 0.29) is 0 Å². The number of hydrogen-bond acceptors (Lipinski definition) is 1. The predicted octanol–water partition coefficient (Wildman–Crippen LogP) is 3.56. The Kier molecular flexibility index (Phi) is 3.13. The molecule has 0 bridgehead atoms. The van der Waals surface area contributed by atoms with Crippen molar-refractivity contribution in [3.63, 3.8) is 0 Å². The van der Waals surface area contributed by atoms with Crippen LogP contribution in [0, 0.1) is 0 Å². The molecule has 18 heavy (non-hydrogen) atoms. The van der Waals surface area contributed by atoms with Gasteiger partial charge in [-0.05, 0) is 31.0 Å². The fourth-order valence-corrected chi connectivity index (χ4v) is 3.31. The van der Waals surface area contributed by atoms with E-state index in [0.717, 1.165) is 6.54 Å². The lowest BCUT2D eigenvalue weighted by Gasteiger charge is -2.26. The van der Waals surface area contributed by atoms with Gasteiger partial charge in [-0.15, -0.1) is 0 Å². The third kappa shape index (κ3) is 1.76. The number of aromatic nitrogens is 1. The maximum absolute atomic E-state index is 3.69. The Morgan fingerprint density at radius 1 is 1.33 bits per heavy atom. The molecule has 0 aliphatic carbocycles. The fourth-order valence-electron chi connectivity index (χ4n) is 3.31. The first-order chi connectivity index (χ1) is 8.83. The molecule has 1 aromatic heterocycles. The third-order valence-electron chi connectivity index (χ3n) is 4.20. The molecule has 1 aliphatic rings. The average molecular weight is 242 g/mol. The molecule has 0 saturated heterocycles. The van der Waals surface area contributed by atoms with E-state index < -0.39 is 0 Å². The number of para-hydroxylation sites is 1. The van der Waals surface area contributed by atoms with Gasteiger partial charge in [0.1, 0.15) is 0 Å². The Bertz CT molecular complexity index is 553. The maximum atomic E-state index is 3.69. The Hall–Kier alpha value is -1.28. The second-order valence-corrected chi connectivity index (χ2v) is 5.34. The first-order valence-corrected chi connectivity index (χ1v) is 7.12. The Balaban J connectivity index is 2.11. The van der Waals surface area contributed by atoms with Crippen molar-refractivity contribution in [3.8, 4) is 0 Å². The lowest BCUT2D eigenvalue weighted by atomic mass is 9.96. The normalized spacial score (nSPS) is 19.1. The zero-order chi connectivity index (χ0) is 12.5. The van der Waals surface area contributed by atoms with E-state index in [1.807, 2.05) is 0 Å². The molecule has 0 radical (unpaired) electrons. The summed E-state index contributed by atoms with van der Waals surface area (Å²) in [6.07, 6.45) is 5.00. The molecule has 2 heteroatoms. The Morgan fingerprint density at radius 3 is 3.00 bits per heavy atom. The van der Waals surface area contributed by atoms with Gasteiger partial charge in [0.05, 0.1) is 0 Å². The molecule has 1 N–H and O–H groups in total. The van der Waals surface area contributed by atoms with Gasteiger partial charge in [-0.2, -0.15) is 0 Å². The van der Waals surface area contributed by atoms with Crippen LogP contribution in [-0.2, 0) is 13.5 Å². The first-order valence-electron chi connectivity index (χ1n) is 7.12. The van der Waals surface area contributed by atoms with Crippen LogP contribution in [0.2, 0.25) is 0 Å². The minimum Gasteiger partial charge on any atom is -0.346 e. The summed E-state index contributed by atoms with van der Waals surface area (Å²) in [7, 11) is 2.22. The summed E-state index contributed by atoms with van der Waals surface area (Å²) in [5.41, 5.74) is 4.48. The third-order valence-corrected chi connectivity index (χ3v) is 4.20. The lowest BCUT2D eigenvalue weighted by molar-refractivity contribution is 0.442. The Labute approximate surface area is 109 Å². The van der Waals surface area contributed by atoms with E-state index >= 15 is 0 Å². The molecular formula is C16H22N2. The Morgan fingerprint density at radius 2 is 2.17 bits per heavy atom. The van der Waals surface area contributed by atoms with Gasteiger partial charge in [0.2, 0.25) is 0 Å². The van der Waals surface area contributed by atoms with Crippen molar-refractivity contribution < 1.29 is 0 Å². The van der Waals surface area contributed by atoms with Gasteiger partial charge in [0.25, 0.3) is 0 Å². The number of unbranched alkanes of at least 4 members (excludes halogenated alkanes) is 1. The zero-order valence-corrected chi connectivity index (χ0v) is 11.4. The summed E-state index contributed by atoms with van der Waals surface area (Å²) in [4.78, 5) is 0. The van der Waals surface area contributed by atoms with Crippen LogP contribution in [-0.4, -0.2) is 11.1 Å². The highest BCUT2D eigenvalue weighted by Gasteiger charge is 2.25. The number of rotatable bonds is 3. The summed E-state index contributed by atoms with van der Waals surface area (Å²) in [6, 6.07) is 9.36. The van der Waals surface area contributed by atoms with Gasteiger partial charge in [-0.3, -0.25) is 0 Å². The highest BCUT2D eigenvalue weighted by Crippen LogP contribution is 2.34. The van der Waals surface area contributed by atoms with Crippen LogP contribution in [0.25, 0.3) is 10.9 Å². The second-order valence-electron chi connectivity index (χ2n) is 5.34. The maximum Gasteiger partial charge on any atom is 0.0483 e. The highest BCUT2D eigenvalue weighted by molar-refractivity contribution is 5.86. The average Bonchev–Trinajstić information content (AvgIpc) is 2.72. The monoisotopic (exact) mass is 242 g/mol. The van der Waals surface area contributed by atoms with E-state index in [2.05, 4.69) is 48.1 Å². The first kappa shape index (κ1) is 11.8. The van der Waals surface area contributed by atoms with Gasteiger partial charge in [0, 0.05) is 29.7 Å². The number of nitrogens with zero attached hydrogens (tertiary/aromatic N) is 1. The van der Waals surface area contributed by atoms with Crippen LogP contribution in [0.15, 0.2) is 24.3 Å². The standard InChI is InChI=1S/C16H22N2/c1-3-4-8-14-16-13(10-11-17-14)12-7-5-6-9-15(12)18(16)2/h5-7,9,14,17H,3-4,8,10-11H2,1-2H3/t14-/m0/s1. The topological polar surface area (TPSA) is 17.0 Å². The van der Waals surface area contributed by atoms with Crippen LogP contribution in [0.5, 0.6) is 0 Å². The summed E-state index contributed by atoms with van der Waals surface area (Å²) in [5.74, 6) is 0. The van der Waals surface area contributed by atoms with Crippen molar-refractivity contribution in [3.05, 3.63) is 35.5 Å². The van der Waals surface area contributed by atoms with Gasteiger partial charge >= 0.3 is 0 Å². The SMILES string of the molecule is CCCC[C@@H]1NCCc2c1n(C)c1ccccc21. The smallest absolute Gasteiger partial charge is 0.0483 e. The van der Waals surface area contributed by atoms with Crippen molar-refractivity contribution in [2.24, 2.45) is 7.05 Å². The molecule has 1 atom stereocenters. The van der Waals surface area contributed by atoms with Crippen molar-refractivity contribution in [2.45, 2.75) is 38.6 Å². The zero-order valence-electron chi connectivity index (χ0n) is 11.4. The molecule has 0 spiro atoms. The predicted molar refractivity (Wildman–Crippen MR) is 76.9 cm³/mol. The minimum atomic E-state index is 0.547. The van der Waals surface area contributed by atoms with Crippen molar-refractivity contribution >= 4 is 10.9 Å². The van der Waals surface area contributed by atoms with Gasteiger partial charge in [-0.25, -0.2) is 0 Å². The van der Waals surface area contributed by atoms with Gasteiger partial charge in [0.15, 0.2) is 0 Å². The molecule has 96 valence electrons. The number of aryl methyl sites for hydroxylation is 1. The molecule has 0 fully saturated rings. The summed E-state index contributed by atoms with van der Waals surface area (Å²) in [6.45, 7) is 3.39. The summed E-state index contributed by atoms with van der Waals surface area (Å²) >= 11 is 0. The second kappa shape index (κ2) is 4.77. The van der Waals surface area contributed by atoms with Crippen LogP contribution in [0.3, 0.4) is 0 Å². The van der Waals surface area contributed by atoms with Crippen molar-refractivity contribution in [1.29, 1.82) is 0 Å². The number of nitrogens with one attached hydrogen (secondary N) is 1. The molecule has 3 rings (SSSR count). The van der Waals surface area contributed by atoms with Gasteiger partial charge in [-0.1, -0.05) is 38.0 Å². The molecule has 1 aromatic carbocycles. The molecule has 0 saturated carbocycles. The molecule has 0 unspecified atom stereocenters. The summed E-state index contributed by atoms with van der Waals surface area (Å²) < 4.78 is 2.40. The van der Waals surface area contributed by atoms with Crippen molar-refractivity contribution in [2.75, 3.05) is 6.54 Å². The number of hydrogen-bond donors (Lipinski definition) is 1. The number of fused-ring (bicyclic) bond motifs is 3. The molecule has 2 aromatic rings. The lowest BCUT2D eigenvalue weighted by Crippen LogP contribution is -2.30. The quantitative estimate of drug-likeness (QED) is 0.871. The minimum absolute atomic E-state index is 0.547. The fraction of sp³-hybridized carbons (Fsp3) is 0.500. The molecule has 0 amide bonds.